The number of hydrogen-bond donors (Lipinski definition) is 4. The lowest BCUT2D eigenvalue weighted by Crippen LogP contribution is -2.37. The lowest BCUT2D eigenvalue weighted by atomic mass is 10.0. The minimum absolute atomic E-state index is 0.0383. The molecule has 0 saturated heterocycles. The zero-order chi connectivity index (χ0) is 41.5. The number of halogens is 6. The fourth-order valence-corrected chi connectivity index (χ4v) is 5.40. The number of Topliss-reactive ketones (excluding diaryl/α,β-unsaturated/α-hetero) is 1. The first-order valence-electron chi connectivity index (χ1n) is 17.4. The first-order chi connectivity index (χ1) is 26.4. The fraction of sp³-hybridized carbons (Fsp3) is 0.405. The Bertz CT molecular complexity index is 1930. The van der Waals surface area contributed by atoms with Crippen LogP contribution in [0.2, 0.25) is 0 Å². The van der Waals surface area contributed by atoms with E-state index >= 15 is 0 Å². The summed E-state index contributed by atoms with van der Waals surface area (Å²) in [5, 5.41) is 18.3. The Morgan fingerprint density at radius 3 is 2.16 bits per heavy atom. The van der Waals surface area contributed by atoms with E-state index in [1.54, 1.807) is 12.4 Å². The zero-order valence-electron chi connectivity index (χ0n) is 30.1. The molecule has 0 aliphatic carbocycles. The quantitative estimate of drug-likeness (QED) is 0.0832. The Balaban J connectivity index is 0.000000512. The zero-order valence-corrected chi connectivity index (χ0v) is 30.1. The summed E-state index contributed by atoms with van der Waals surface area (Å²) in [7, 11) is 0. The van der Waals surface area contributed by atoms with Crippen LogP contribution in [0.15, 0.2) is 60.9 Å². The number of alkyl halides is 6. The first-order valence-corrected chi connectivity index (χ1v) is 17.4. The summed E-state index contributed by atoms with van der Waals surface area (Å²) >= 11 is 0. The number of benzene rings is 1. The first kappa shape index (κ1) is 44.5. The summed E-state index contributed by atoms with van der Waals surface area (Å²) < 4.78 is 63.5. The second kappa shape index (κ2) is 20.7. The second-order valence-electron chi connectivity index (χ2n) is 12.5. The number of pyridine rings is 2. The standard InChI is InChI=1S/C33H38N6O3.2C2HF3O2/c1-2-26(40)13-7-4-8-14-28(33-35-21-29(38-33)23-10-5-3-6-11-23)36-30(41)15-16-31(42)39-19-17-27-25(22-39)20-24-12-9-18-34-32(24)37-27;2*3-2(4,5)1(6)7/h3,5-6,9-12,18,20-21,28H,2,4,7-8,13-17,19,22H2,1H3,(H,35,38)(H,36,41);2*(H,6,7)/t28-;;/m0../s1. The molecule has 1 aromatic carbocycles. The van der Waals surface area contributed by atoms with Gasteiger partial charge in [0.25, 0.3) is 0 Å². The number of H-pyrrole nitrogens is 1. The highest BCUT2D eigenvalue weighted by molar-refractivity contribution is 5.84. The van der Waals surface area contributed by atoms with E-state index in [4.69, 9.17) is 19.8 Å². The molecule has 0 fully saturated rings. The van der Waals surface area contributed by atoms with Crippen molar-refractivity contribution in [1.29, 1.82) is 0 Å². The van der Waals surface area contributed by atoms with E-state index in [-0.39, 0.29) is 36.5 Å². The highest BCUT2D eigenvalue weighted by atomic mass is 19.4. The van der Waals surface area contributed by atoms with Gasteiger partial charge in [-0.15, -0.1) is 0 Å². The largest absolute Gasteiger partial charge is 0.490 e. The molecule has 4 N–H and O–H groups in total. The smallest absolute Gasteiger partial charge is 0.475 e. The van der Waals surface area contributed by atoms with Crippen molar-refractivity contribution < 1.29 is 60.5 Å². The molecule has 56 heavy (non-hydrogen) atoms. The van der Waals surface area contributed by atoms with Gasteiger partial charge in [-0.3, -0.25) is 14.4 Å². The van der Waals surface area contributed by atoms with E-state index in [0.29, 0.717) is 44.6 Å². The highest BCUT2D eigenvalue weighted by Gasteiger charge is 2.39. The van der Waals surface area contributed by atoms with Crippen LogP contribution in [0.3, 0.4) is 0 Å². The maximum Gasteiger partial charge on any atom is 0.490 e. The molecule has 0 saturated carbocycles. The number of hydrogen-bond acceptors (Lipinski definition) is 8. The molecule has 1 atom stereocenters. The molecule has 0 unspecified atom stereocenters. The number of aromatic nitrogens is 4. The van der Waals surface area contributed by atoms with Crippen molar-refractivity contribution in [2.75, 3.05) is 6.54 Å². The normalized spacial score (nSPS) is 12.9. The van der Waals surface area contributed by atoms with Crippen molar-refractivity contribution in [1.82, 2.24) is 30.2 Å². The molecule has 2 amide bonds. The van der Waals surface area contributed by atoms with E-state index in [9.17, 15) is 40.7 Å². The van der Waals surface area contributed by atoms with Gasteiger partial charge in [0.15, 0.2) is 5.65 Å². The van der Waals surface area contributed by atoms with Crippen molar-refractivity contribution in [3.63, 3.8) is 0 Å². The molecule has 1 aliphatic rings. The average molecular weight is 795 g/mol. The van der Waals surface area contributed by atoms with E-state index < -0.39 is 24.3 Å². The number of nitrogens with one attached hydrogen (secondary N) is 2. The Hall–Kier alpha value is -5.88. The molecule has 4 aromatic rings. The van der Waals surface area contributed by atoms with Crippen LogP contribution in [0.5, 0.6) is 0 Å². The number of carboxylic acids is 2. The summed E-state index contributed by atoms with van der Waals surface area (Å²) in [5.74, 6) is -4.76. The molecule has 13 nitrogen and oxygen atoms in total. The molecule has 0 spiro atoms. The van der Waals surface area contributed by atoms with Crippen molar-refractivity contribution in [2.24, 2.45) is 0 Å². The van der Waals surface area contributed by atoms with Crippen LogP contribution in [0, 0.1) is 0 Å². The third-order valence-electron chi connectivity index (χ3n) is 8.33. The predicted octanol–water partition coefficient (Wildman–Crippen LogP) is 6.74. The van der Waals surface area contributed by atoms with Crippen molar-refractivity contribution in [2.45, 2.75) is 89.7 Å². The Kier molecular flexibility index (Phi) is 16.5. The predicted molar refractivity (Wildman–Crippen MR) is 189 cm³/mol. The molecule has 0 radical (unpaired) electrons. The number of nitrogens with zero attached hydrogens (tertiary/aromatic N) is 4. The number of unbranched alkanes of at least 4 members (excludes halogenated alkanes) is 2. The lowest BCUT2D eigenvalue weighted by Gasteiger charge is -2.28. The monoisotopic (exact) mass is 794 g/mol. The molecule has 1 aliphatic heterocycles. The van der Waals surface area contributed by atoms with Crippen LogP contribution in [-0.4, -0.2) is 83.5 Å². The maximum absolute atomic E-state index is 13.1. The SMILES string of the molecule is CCC(=O)CCCCC[C@H](NC(=O)CCC(=O)N1CCc2nc3ncccc3cc2C1)c1ncc(-c2ccccc2)[nH]1.O=C(O)C(F)(F)F.O=C(O)C(F)(F)F. The molecular formula is C37H40F6N6O7. The lowest BCUT2D eigenvalue weighted by molar-refractivity contribution is -0.193. The minimum Gasteiger partial charge on any atom is -0.475 e. The van der Waals surface area contributed by atoms with Gasteiger partial charge in [-0.05, 0) is 42.2 Å². The van der Waals surface area contributed by atoms with Crippen LogP contribution in [0.4, 0.5) is 26.3 Å². The Labute approximate surface area is 316 Å². The van der Waals surface area contributed by atoms with E-state index in [0.717, 1.165) is 52.8 Å². The number of carbonyl (C=O) groups is 5. The van der Waals surface area contributed by atoms with Crippen LogP contribution in [0.25, 0.3) is 22.3 Å². The fourth-order valence-electron chi connectivity index (χ4n) is 5.40. The summed E-state index contributed by atoms with van der Waals surface area (Å²) in [6.45, 7) is 2.96. The van der Waals surface area contributed by atoms with Crippen molar-refractivity contribution in [3.8, 4) is 11.3 Å². The average Bonchev–Trinajstić information content (AvgIpc) is 3.66. The third-order valence-corrected chi connectivity index (χ3v) is 8.33. The van der Waals surface area contributed by atoms with Crippen LogP contribution in [0.1, 0.15) is 81.4 Å². The highest BCUT2D eigenvalue weighted by Crippen LogP contribution is 2.25. The van der Waals surface area contributed by atoms with Crippen LogP contribution in [-0.2, 0) is 36.9 Å². The summed E-state index contributed by atoms with van der Waals surface area (Å²) in [6.07, 6.45) is -1.26. The molecule has 302 valence electrons. The molecule has 0 bridgehead atoms. The number of fused-ring (bicyclic) bond motifs is 2. The van der Waals surface area contributed by atoms with Gasteiger partial charge in [0, 0.05) is 62.5 Å². The van der Waals surface area contributed by atoms with Gasteiger partial charge in [-0.25, -0.2) is 24.5 Å². The van der Waals surface area contributed by atoms with Gasteiger partial charge >= 0.3 is 24.3 Å². The Morgan fingerprint density at radius 1 is 0.875 bits per heavy atom. The molecular weight excluding hydrogens is 754 g/mol. The second-order valence-corrected chi connectivity index (χ2v) is 12.5. The number of carboxylic acid groups (broad SMARTS) is 2. The van der Waals surface area contributed by atoms with Gasteiger partial charge in [-0.2, -0.15) is 26.3 Å². The van der Waals surface area contributed by atoms with Gasteiger partial charge in [0.1, 0.15) is 11.6 Å². The van der Waals surface area contributed by atoms with Gasteiger partial charge < -0.3 is 25.4 Å². The van der Waals surface area contributed by atoms with Gasteiger partial charge in [0.05, 0.1) is 17.9 Å². The van der Waals surface area contributed by atoms with Crippen molar-refractivity contribution in [3.05, 3.63) is 78.0 Å². The number of rotatable bonds is 13. The molecule has 5 rings (SSSR count). The van der Waals surface area contributed by atoms with E-state index in [2.05, 4.69) is 31.3 Å². The topological polar surface area (TPSA) is 196 Å². The number of amides is 2. The number of ketones is 1. The number of aliphatic carboxylic acids is 2. The van der Waals surface area contributed by atoms with Crippen molar-refractivity contribution >= 4 is 40.6 Å². The van der Waals surface area contributed by atoms with E-state index in [1.807, 2.05) is 54.3 Å². The molecule has 3 aromatic heterocycles. The van der Waals surface area contributed by atoms with Crippen LogP contribution < -0.4 is 5.32 Å². The number of aromatic amines is 1. The summed E-state index contributed by atoms with van der Waals surface area (Å²) in [4.78, 5) is 74.4. The number of carbonyl (C=O) groups excluding carboxylic acids is 3. The van der Waals surface area contributed by atoms with Gasteiger partial charge in [0.2, 0.25) is 11.8 Å². The van der Waals surface area contributed by atoms with Crippen LogP contribution >= 0.6 is 0 Å². The van der Waals surface area contributed by atoms with E-state index in [1.165, 1.54) is 0 Å². The molecule has 19 heteroatoms. The minimum atomic E-state index is -5.08. The van der Waals surface area contributed by atoms with Gasteiger partial charge in [-0.1, -0.05) is 50.1 Å². The molecule has 4 heterocycles. The maximum atomic E-state index is 13.1. The number of imidazole rings is 1. The Morgan fingerprint density at radius 2 is 1.54 bits per heavy atom. The summed E-state index contributed by atoms with van der Waals surface area (Å²) in [5.41, 5.74) is 4.65. The third kappa shape index (κ3) is 14.4. The summed E-state index contributed by atoms with van der Waals surface area (Å²) in [6, 6.07) is 15.5.